The molecule has 21 heavy (non-hydrogen) atoms. The standard InChI is InChI=1S/C15H15N3O3/c1-16-14-8-12(18(19)20)9-15(17-14)21-13-6-5-10-3-2-4-11(10)7-13/h5-9H,2-4H2,1H3,(H,16,17). The van der Waals surface area contributed by atoms with Crippen LogP contribution in [0.25, 0.3) is 0 Å². The number of rotatable bonds is 4. The molecule has 0 amide bonds. The molecule has 0 saturated heterocycles. The topological polar surface area (TPSA) is 77.3 Å². The average Bonchev–Trinajstić information content (AvgIpc) is 2.94. The SMILES string of the molecule is CNc1cc([N+](=O)[O-])cc(Oc2ccc3c(c2)CCC3)n1. The minimum absolute atomic E-state index is 0.0505. The summed E-state index contributed by atoms with van der Waals surface area (Å²) in [7, 11) is 1.66. The van der Waals surface area contributed by atoms with Gasteiger partial charge >= 0.3 is 0 Å². The van der Waals surface area contributed by atoms with Gasteiger partial charge in [0, 0.05) is 7.05 Å². The van der Waals surface area contributed by atoms with Gasteiger partial charge in [-0.15, -0.1) is 0 Å². The van der Waals surface area contributed by atoms with Crippen molar-refractivity contribution in [2.75, 3.05) is 12.4 Å². The number of fused-ring (bicyclic) bond motifs is 1. The third-order valence-corrected chi connectivity index (χ3v) is 3.55. The summed E-state index contributed by atoms with van der Waals surface area (Å²) in [5, 5.41) is 13.7. The highest BCUT2D eigenvalue weighted by Gasteiger charge is 2.14. The van der Waals surface area contributed by atoms with Crippen LogP contribution in [-0.2, 0) is 12.8 Å². The van der Waals surface area contributed by atoms with Crippen LogP contribution in [0.15, 0.2) is 30.3 Å². The van der Waals surface area contributed by atoms with Crippen molar-refractivity contribution in [3.8, 4) is 11.6 Å². The molecule has 1 N–H and O–H groups in total. The van der Waals surface area contributed by atoms with E-state index in [1.54, 1.807) is 7.05 Å². The van der Waals surface area contributed by atoms with Gasteiger partial charge in [-0.2, -0.15) is 4.98 Å². The molecule has 1 aromatic heterocycles. The number of nitrogens with one attached hydrogen (secondary N) is 1. The molecular formula is C15H15N3O3. The van der Waals surface area contributed by atoms with Gasteiger partial charge in [0.2, 0.25) is 5.88 Å². The van der Waals surface area contributed by atoms with Crippen LogP contribution >= 0.6 is 0 Å². The second kappa shape index (κ2) is 5.40. The summed E-state index contributed by atoms with van der Waals surface area (Å²) in [6, 6.07) is 8.61. The molecular weight excluding hydrogens is 270 g/mol. The summed E-state index contributed by atoms with van der Waals surface area (Å²) in [5.41, 5.74) is 2.59. The van der Waals surface area contributed by atoms with Gasteiger partial charge in [-0.25, -0.2) is 0 Å². The lowest BCUT2D eigenvalue weighted by molar-refractivity contribution is -0.384. The Balaban J connectivity index is 1.90. The quantitative estimate of drug-likeness (QED) is 0.688. The van der Waals surface area contributed by atoms with Crippen LogP contribution in [0, 0.1) is 10.1 Å². The zero-order valence-corrected chi connectivity index (χ0v) is 11.6. The second-order valence-electron chi connectivity index (χ2n) is 4.94. The maximum Gasteiger partial charge on any atom is 0.278 e. The summed E-state index contributed by atoms with van der Waals surface area (Å²) in [6.45, 7) is 0. The molecule has 2 aromatic rings. The first-order valence-corrected chi connectivity index (χ1v) is 6.79. The average molecular weight is 285 g/mol. The molecule has 0 bridgehead atoms. The molecule has 6 nitrogen and oxygen atoms in total. The van der Waals surface area contributed by atoms with Crippen molar-refractivity contribution in [2.24, 2.45) is 0 Å². The Morgan fingerprint density at radius 3 is 2.81 bits per heavy atom. The van der Waals surface area contributed by atoms with E-state index in [1.165, 1.54) is 23.3 Å². The predicted molar refractivity (Wildman–Crippen MR) is 79.0 cm³/mol. The Morgan fingerprint density at radius 1 is 1.24 bits per heavy atom. The Labute approximate surface area is 121 Å². The van der Waals surface area contributed by atoms with E-state index in [2.05, 4.69) is 10.3 Å². The first-order valence-electron chi connectivity index (χ1n) is 6.79. The molecule has 0 saturated carbocycles. The molecule has 1 heterocycles. The number of nitro groups is 1. The van der Waals surface area contributed by atoms with Gasteiger partial charge in [-0.3, -0.25) is 10.1 Å². The van der Waals surface area contributed by atoms with Gasteiger partial charge in [0.15, 0.2) is 0 Å². The minimum Gasteiger partial charge on any atom is -0.439 e. The number of benzene rings is 1. The molecule has 0 spiro atoms. The summed E-state index contributed by atoms with van der Waals surface area (Å²) >= 11 is 0. The highest BCUT2D eigenvalue weighted by atomic mass is 16.6. The molecule has 6 heteroatoms. The van der Waals surface area contributed by atoms with Gasteiger partial charge < -0.3 is 10.1 Å². The van der Waals surface area contributed by atoms with Gasteiger partial charge in [0.1, 0.15) is 11.6 Å². The number of hydrogen-bond acceptors (Lipinski definition) is 5. The Hall–Kier alpha value is -2.63. The van der Waals surface area contributed by atoms with Crippen LogP contribution < -0.4 is 10.1 Å². The van der Waals surface area contributed by atoms with Crippen LogP contribution in [0.4, 0.5) is 11.5 Å². The Kier molecular flexibility index (Phi) is 3.43. The molecule has 0 aliphatic heterocycles. The maximum absolute atomic E-state index is 10.9. The monoisotopic (exact) mass is 285 g/mol. The van der Waals surface area contributed by atoms with E-state index in [1.807, 2.05) is 18.2 Å². The molecule has 1 aliphatic carbocycles. The lowest BCUT2D eigenvalue weighted by Crippen LogP contribution is -1.98. The van der Waals surface area contributed by atoms with Crippen LogP contribution in [0.3, 0.4) is 0 Å². The van der Waals surface area contributed by atoms with Crippen LogP contribution in [0.2, 0.25) is 0 Å². The molecule has 0 unspecified atom stereocenters. The molecule has 0 radical (unpaired) electrons. The zero-order chi connectivity index (χ0) is 14.8. The Morgan fingerprint density at radius 2 is 2.05 bits per heavy atom. The normalized spacial score (nSPS) is 12.8. The van der Waals surface area contributed by atoms with E-state index >= 15 is 0 Å². The number of aromatic nitrogens is 1. The van der Waals surface area contributed by atoms with Crippen LogP contribution in [0.1, 0.15) is 17.5 Å². The van der Waals surface area contributed by atoms with Crippen molar-refractivity contribution in [3.05, 3.63) is 51.6 Å². The summed E-state index contributed by atoms with van der Waals surface area (Å²) in [4.78, 5) is 14.6. The predicted octanol–water partition coefficient (Wildman–Crippen LogP) is 3.31. The van der Waals surface area contributed by atoms with E-state index in [0.717, 1.165) is 19.3 Å². The van der Waals surface area contributed by atoms with E-state index in [9.17, 15) is 10.1 Å². The second-order valence-corrected chi connectivity index (χ2v) is 4.94. The largest absolute Gasteiger partial charge is 0.439 e. The third kappa shape index (κ3) is 2.79. The van der Waals surface area contributed by atoms with E-state index in [4.69, 9.17) is 4.74 Å². The van der Waals surface area contributed by atoms with Crippen molar-refractivity contribution in [1.29, 1.82) is 0 Å². The molecule has 1 aliphatic rings. The summed E-state index contributed by atoms with van der Waals surface area (Å²) in [5.74, 6) is 1.28. The molecule has 108 valence electrons. The molecule has 0 atom stereocenters. The smallest absolute Gasteiger partial charge is 0.278 e. The van der Waals surface area contributed by atoms with E-state index in [-0.39, 0.29) is 11.6 Å². The number of nitrogens with zero attached hydrogens (tertiary/aromatic N) is 2. The minimum atomic E-state index is -0.460. The van der Waals surface area contributed by atoms with Crippen LogP contribution in [0.5, 0.6) is 11.6 Å². The van der Waals surface area contributed by atoms with Gasteiger partial charge in [0.25, 0.3) is 5.69 Å². The molecule has 1 aromatic carbocycles. The fourth-order valence-corrected chi connectivity index (χ4v) is 2.51. The highest BCUT2D eigenvalue weighted by Crippen LogP contribution is 2.30. The summed E-state index contributed by atoms with van der Waals surface area (Å²) in [6.07, 6.45) is 3.32. The fourth-order valence-electron chi connectivity index (χ4n) is 2.51. The lowest BCUT2D eigenvalue weighted by atomic mass is 10.1. The van der Waals surface area contributed by atoms with Gasteiger partial charge in [0.05, 0.1) is 17.1 Å². The van der Waals surface area contributed by atoms with Crippen molar-refractivity contribution in [2.45, 2.75) is 19.3 Å². The van der Waals surface area contributed by atoms with E-state index in [0.29, 0.717) is 11.6 Å². The molecule has 3 rings (SSSR count). The summed E-state index contributed by atoms with van der Waals surface area (Å²) < 4.78 is 5.68. The van der Waals surface area contributed by atoms with Crippen molar-refractivity contribution < 1.29 is 9.66 Å². The number of pyridine rings is 1. The van der Waals surface area contributed by atoms with Crippen molar-refractivity contribution >= 4 is 11.5 Å². The number of hydrogen-bond donors (Lipinski definition) is 1. The van der Waals surface area contributed by atoms with Crippen molar-refractivity contribution in [3.63, 3.8) is 0 Å². The van der Waals surface area contributed by atoms with E-state index < -0.39 is 4.92 Å². The van der Waals surface area contributed by atoms with Crippen LogP contribution in [-0.4, -0.2) is 17.0 Å². The number of anilines is 1. The first kappa shape index (κ1) is 13.4. The molecule has 0 fully saturated rings. The van der Waals surface area contributed by atoms with Gasteiger partial charge in [-0.1, -0.05) is 6.07 Å². The Bertz CT molecular complexity index is 701. The van der Waals surface area contributed by atoms with Crippen molar-refractivity contribution in [1.82, 2.24) is 4.98 Å². The number of aryl methyl sites for hydroxylation is 2. The fraction of sp³-hybridized carbons (Fsp3) is 0.267. The maximum atomic E-state index is 10.9. The third-order valence-electron chi connectivity index (χ3n) is 3.55. The lowest BCUT2D eigenvalue weighted by Gasteiger charge is -2.08. The highest BCUT2D eigenvalue weighted by molar-refractivity contribution is 5.49. The van der Waals surface area contributed by atoms with Gasteiger partial charge in [-0.05, 0) is 42.5 Å². The number of ether oxygens (including phenoxy) is 1. The zero-order valence-electron chi connectivity index (χ0n) is 11.6. The first-order chi connectivity index (χ1) is 10.2.